The van der Waals surface area contributed by atoms with Gasteiger partial charge in [0.1, 0.15) is 11.6 Å². The van der Waals surface area contributed by atoms with E-state index in [1.807, 2.05) is 30.3 Å². The van der Waals surface area contributed by atoms with Crippen molar-refractivity contribution < 1.29 is 9.90 Å². The van der Waals surface area contributed by atoms with Gasteiger partial charge in [0, 0.05) is 0 Å². The molecule has 2 aromatic rings. The first-order valence-corrected chi connectivity index (χ1v) is 5.37. The number of carboxylic acid groups (broad SMARTS) is 1. The standard InChI is InChI=1S/C14H10N2O2/c15-9-11(10-5-2-1-3-6-10)12-7-4-8-13(16-12)14(17)18/h1-8,11H,(H,17,18)/t11-/m1/s1. The summed E-state index contributed by atoms with van der Waals surface area (Å²) in [6.07, 6.45) is 0. The number of hydrogen-bond donors (Lipinski definition) is 1. The minimum atomic E-state index is -1.10. The second-order valence-corrected chi connectivity index (χ2v) is 3.73. The molecule has 0 aliphatic heterocycles. The van der Waals surface area contributed by atoms with Crippen LogP contribution >= 0.6 is 0 Å². The topological polar surface area (TPSA) is 74.0 Å². The summed E-state index contributed by atoms with van der Waals surface area (Å²) >= 11 is 0. The molecule has 1 aromatic heterocycles. The molecular weight excluding hydrogens is 228 g/mol. The van der Waals surface area contributed by atoms with Crippen molar-refractivity contribution in [3.05, 3.63) is 65.5 Å². The molecule has 0 saturated carbocycles. The summed E-state index contributed by atoms with van der Waals surface area (Å²) in [5.74, 6) is -1.65. The van der Waals surface area contributed by atoms with E-state index < -0.39 is 11.9 Å². The Bertz CT molecular complexity index is 603. The Morgan fingerprint density at radius 3 is 2.50 bits per heavy atom. The van der Waals surface area contributed by atoms with Crippen LogP contribution in [-0.2, 0) is 0 Å². The number of rotatable bonds is 3. The van der Waals surface area contributed by atoms with Crippen molar-refractivity contribution in [2.75, 3.05) is 0 Å². The molecule has 0 fully saturated rings. The number of hydrogen-bond acceptors (Lipinski definition) is 3. The van der Waals surface area contributed by atoms with Crippen LogP contribution in [0.3, 0.4) is 0 Å². The first-order valence-electron chi connectivity index (χ1n) is 5.37. The number of nitriles is 1. The van der Waals surface area contributed by atoms with Gasteiger partial charge in [0.05, 0.1) is 11.8 Å². The molecule has 4 heteroatoms. The van der Waals surface area contributed by atoms with Gasteiger partial charge in [-0.25, -0.2) is 9.78 Å². The van der Waals surface area contributed by atoms with Gasteiger partial charge < -0.3 is 5.11 Å². The van der Waals surface area contributed by atoms with Crippen LogP contribution in [0.4, 0.5) is 0 Å². The largest absolute Gasteiger partial charge is 0.477 e. The summed E-state index contributed by atoms with van der Waals surface area (Å²) in [4.78, 5) is 14.9. The highest BCUT2D eigenvalue weighted by Gasteiger charge is 2.16. The van der Waals surface area contributed by atoms with Crippen LogP contribution in [0, 0.1) is 11.3 Å². The van der Waals surface area contributed by atoms with E-state index in [9.17, 15) is 10.1 Å². The lowest BCUT2D eigenvalue weighted by molar-refractivity contribution is 0.0690. The van der Waals surface area contributed by atoms with E-state index >= 15 is 0 Å². The van der Waals surface area contributed by atoms with Gasteiger partial charge in [-0.2, -0.15) is 5.26 Å². The van der Waals surface area contributed by atoms with Crippen molar-refractivity contribution in [3.63, 3.8) is 0 Å². The number of carboxylic acids is 1. The monoisotopic (exact) mass is 238 g/mol. The molecule has 1 atom stereocenters. The van der Waals surface area contributed by atoms with Gasteiger partial charge in [0.25, 0.3) is 0 Å². The van der Waals surface area contributed by atoms with Crippen LogP contribution in [0.15, 0.2) is 48.5 Å². The van der Waals surface area contributed by atoms with Gasteiger partial charge in [-0.05, 0) is 17.7 Å². The van der Waals surface area contributed by atoms with E-state index in [1.54, 1.807) is 12.1 Å². The van der Waals surface area contributed by atoms with E-state index in [2.05, 4.69) is 11.1 Å². The molecule has 0 saturated heterocycles. The highest BCUT2D eigenvalue weighted by atomic mass is 16.4. The first-order chi connectivity index (χ1) is 8.72. The van der Waals surface area contributed by atoms with Crippen molar-refractivity contribution in [1.82, 2.24) is 4.98 Å². The minimum Gasteiger partial charge on any atom is -0.477 e. The molecule has 2 rings (SSSR count). The third kappa shape index (κ3) is 2.36. The SMILES string of the molecule is N#C[C@H](c1ccccc1)c1cccc(C(=O)O)n1. The molecule has 0 aliphatic rings. The molecule has 1 heterocycles. The third-order valence-corrected chi connectivity index (χ3v) is 2.55. The molecule has 18 heavy (non-hydrogen) atoms. The second kappa shape index (κ2) is 5.11. The Morgan fingerprint density at radius 2 is 1.89 bits per heavy atom. The molecule has 1 aromatic carbocycles. The lowest BCUT2D eigenvalue weighted by atomic mass is 9.96. The van der Waals surface area contributed by atoms with Gasteiger partial charge in [0.2, 0.25) is 0 Å². The summed E-state index contributed by atoms with van der Waals surface area (Å²) < 4.78 is 0. The van der Waals surface area contributed by atoms with Crippen LogP contribution in [0.5, 0.6) is 0 Å². The maximum Gasteiger partial charge on any atom is 0.354 e. The molecule has 0 amide bonds. The Morgan fingerprint density at radius 1 is 1.17 bits per heavy atom. The van der Waals surface area contributed by atoms with Gasteiger partial charge in [-0.3, -0.25) is 0 Å². The van der Waals surface area contributed by atoms with Crippen LogP contribution in [0.25, 0.3) is 0 Å². The lowest BCUT2D eigenvalue weighted by Gasteiger charge is -2.09. The minimum absolute atomic E-state index is 0.0521. The predicted octanol–water partition coefficient (Wildman–Crippen LogP) is 2.44. The Labute approximate surface area is 104 Å². The summed E-state index contributed by atoms with van der Waals surface area (Å²) in [6, 6.07) is 16.0. The third-order valence-electron chi connectivity index (χ3n) is 2.55. The van der Waals surface area contributed by atoms with Gasteiger partial charge >= 0.3 is 5.97 Å². The van der Waals surface area contributed by atoms with Crippen LogP contribution in [0.1, 0.15) is 27.7 Å². The maximum atomic E-state index is 10.9. The van der Waals surface area contributed by atoms with E-state index in [0.29, 0.717) is 5.69 Å². The Kier molecular flexibility index (Phi) is 3.35. The number of aromatic carboxylic acids is 1. The average Bonchev–Trinajstić information content (AvgIpc) is 2.41. The lowest BCUT2D eigenvalue weighted by Crippen LogP contribution is -2.06. The molecule has 4 nitrogen and oxygen atoms in total. The van der Waals surface area contributed by atoms with Crippen molar-refractivity contribution in [2.45, 2.75) is 5.92 Å². The highest BCUT2D eigenvalue weighted by Crippen LogP contribution is 2.22. The molecule has 0 bridgehead atoms. The predicted molar refractivity (Wildman–Crippen MR) is 65.1 cm³/mol. The van der Waals surface area contributed by atoms with Crippen molar-refractivity contribution in [3.8, 4) is 6.07 Å². The summed E-state index contributed by atoms with van der Waals surface area (Å²) in [5.41, 5.74) is 1.20. The fourth-order valence-electron chi connectivity index (χ4n) is 1.69. The number of carbonyl (C=O) groups is 1. The summed E-state index contributed by atoms with van der Waals surface area (Å²) in [5, 5.41) is 18.1. The normalized spacial score (nSPS) is 11.5. The van der Waals surface area contributed by atoms with Crippen molar-refractivity contribution in [2.24, 2.45) is 0 Å². The zero-order valence-corrected chi connectivity index (χ0v) is 9.45. The van der Waals surface area contributed by atoms with Crippen LogP contribution < -0.4 is 0 Å². The number of pyridine rings is 1. The summed E-state index contributed by atoms with van der Waals surface area (Å²) in [6.45, 7) is 0. The quantitative estimate of drug-likeness (QED) is 0.891. The fraction of sp³-hybridized carbons (Fsp3) is 0.0714. The molecule has 0 unspecified atom stereocenters. The Hall–Kier alpha value is -2.67. The van der Waals surface area contributed by atoms with Gasteiger partial charge in [-0.1, -0.05) is 36.4 Å². The zero-order chi connectivity index (χ0) is 13.0. The molecule has 1 N–H and O–H groups in total. The maximum absolute atomic E-state index is 10.9. The van der Waals surface area contributed by atoms with E-state index in [0.717, 1.165) is 5.56 Å². The van der Waals surface area contributed by atoms with Crippen molar-refractivity contribution >= 4 is 5.97 Å². The number of benzene rings is 1. The van der Waals surface area contributed by atoms with Crippen LogP contribution in [0.2, 0.25) is 0 Å². The molecule has 88 valence electrons. The molecule has 0 radical (unpaired) electrons. The smallest absolute Gasteiger partial charge is 0.354 e. The molecular formula is C14H10N2O2. The second-order valence-electron chi connectivity index (χ2n) is 3.73. The average molecular weight is 238 g/mol. The fourth-order valence-corrected chi connectivity index (χ4v) is 1.69. The van der Waals surface area contributed by atoms with Gasteiger partial charge in [0.15, 0.2) is 0 Å². The summed E-state index contributed by atoms with van der Waals surface area (Å²) in [7, 11) is 0. The van der Waals surface area contributed by atoms with E-state index in [1.165, 1.54) is 6.07 Å². The molecule has 0 aliphatic carbocycles. The first kappa shape index (κ1) is 11.8. The molecule has 0 spiro atoms. The zero-order valence-electron chi connectivity index (χ0n) is 9.45. The number of nitrogens with zero attached hydrogens (tertiary/aromatic N) is 2. The van der Waals surface area contributed by atoms with Crippen molar-refractivity contribution in [1.29, 1.82) is 5.26 Å². The van der Waals surface area contributed by atoms with E-state index in [4.69, 9.17) is 5.11 Å². The number of aromatic nitrogens is 1. The Balaban J connectivity index is 2.44. The van der Waals surface area contributed by atoms with Crippen LogP contribution in [-0.4, -0.2) is 16.1 Å². The highest BCUT2D eigenvalue weighted by molar-refractivity contribution is 5.85. The van der Waals surface area contributed by atoms with E-state index in [-0.39, 0.29) is 5.69 Å². The van der Waals surface area contributed by atoms with Gasteiger partial charge in [-0.15, -0.1) is 0 Å².